The van der Waals surface area contributed by atoms with E-state index in [0.29, 0.717) is 12.5 Å². The average Bonchev–Trinajstić information content (AvgIpc) is 3.13. The number of carbonyl (C=O) groups excluding carboxylic acids is 2. The van der Waals surface area contributed by atoms with Gasteiger partial charge in [-0.05, 0) is 30.2 Å². The molecule has 1 saturated carbocycles. The first-order valence-corrected chi connectivity index (χ1v) is 7.76. The Bertz CT molecular complexity index is 545. The average molecular weight is 303 g/mol. The van der Waals surface area contributed by atoms with E-state index in [4.69, 9.17) is 9.47 Å². The van der Waals surface area contributed by atoms with E-state index in [-0.39, 0.29) is 18.5 Å². The molecular formula is C17H21NO4. The third-order valence-corrected chi connectivity index (χ3v) is 4.77. The number of hydrogen-bond donors (Lipinski definition) is 0. The van der Waals surface area contributed by atoms with Crippen molar-refractivity contribution in [1.82, 2.24) is 4.90 Å². The van der Waals surface area contributed by atoms with Crippen molar-refractivity contribution in [2.75, 3.05) is 13.7 Å². The Hall–Kier alpha value is -2.04. The van der Waals surface area contributed by atoms with Crippen LogP contribution in [-0.2, 0) is 20.9 Å². The van der Waals surface area contributed by atoms with Gasteiger partial charge in [0, 0.05) is 6.54 Å². The minimum absolute atomic E-state index is 0.219. The highest BCUT2D eigenvalue weighted by Gasteiger charge is 2.50. The van der Waals surface area contributed by atoms with E-state index >= 15 is 0 Å². The molecule has 0 unspecified atom stereocenters. The molecular weight excluding hydrogens is 282 g/mol. The number of fused-ring (bicyclic) bond motifs is 1. The minimum atomic E-state index is -0.485. The summed E-state index contributed by atoms with van der Waals surface area (Å²) in [5.41, 5.74) is 0.935. The second-order valence-electron chi connectivity index (χ2n) is 6.02. The highest BCUT2D eigenvalue weighted by atomic mass is 16.6. The van der Waals surface area contributed by atoms with E-state index in [2.05, 4.69) is 0 Å². The van der Waals surface area contributed by atoms with Crippen molar-refractivity contribution >= 4 is 12.1 Å². The SMILES string of the molecule is COC(=O)[C@@H]1[C@H]2CCC[C@H]2CN1C(=O)OCc1ccccc1. The van der Waals surface area contributed by atoms with Gasteiger partial charge in [0.05, 0.1) is 7.11 Å². The Balaban J connectivity index is 1.66. The molecule has 1 aromatic carbocycles. The van der Waals surface area contributed by atoms with Crippen LogP contribution in [0.5, 0.6) is 0 Å². The normalized spacial score (nSPS) is 26.6. The predicted molar refractivity (Wildman–Crippen MR) is 80.0 cm³/mol. The number of hydrogen-bond acceptors (Lipinski definition) is 4. The van der Waals surface area contributed by atoms with Gasteiger partial charge >= 0.3 is 12.1 Å². The summed E-state index contributed by atoms with van der Waals surface area (Å²) in [6.45, 7) is 0.817. The third-order valence-electron chi connectivity index (χ3n) is 4.77. The predicted octanol–water partition coefficient (Wildman–Crippen LogP) is 2.60. The lowest BCUT2D eigenvalue weighted by Gasteiger charge is -2.25. The highest BCUT2D eigenvalue weighted by molar-refractivity contribution is 5.82. The second-order valence-corrected chi connectivity index (χ2v) is 6.02. The maximum atomic E-state index is 12.4. The maximum Gasteiger partial charge on any atom is 0.410 e. The summed E-state index contributed by atoms with van der Waals surface area (Å²) in [6, 6.07) is 9.05. The van der Waals surface area contributed by atoms with Gasteiger partial charge in [0.2, 0.25) is 0 Å². The van der Waals surface area contributed by atoms with Crippen LogP contribution in [0.2, 0.25) is 0 Å². The lowest BCUT2D eigenvalue weighted by atomic mass is 9.94. The number of benzene rings is 1. The molecule has 0 spiro atoms. The van der Waals surface area contributed by atoms with Gasteiger partial charge in [-0.25, -0.2) is 9.59 Å². The van der Waals surface area contributed by atoms with E-state index in [1.54, 1.807) is 4.90 Å². The maximum absolute atomic E-state index is 12.4. The molecule has 0 radical (unpaired) electrons. The van der Waals surface area contributed by atoms with Crippen LogP contribution in [-0.4, -0.2) is 36.7 Å². The Morgan fingerprint density at radius 1 is 1.23 bits per heavy atom. The first-order chi connectivity index (χ1) is 10.7. The summed E-state index contributed by atoms with van der Waals surface area (Å²) in [4.78, 5) is 26.0. The van der Waals surface area contributed by atoms with E-state index in [0.717, 1.165) is 24.8 Å². The molecule has 5 heteroatoms. The van der Waals surface area contributed by atoms with Gasteiger partial charge in [-0.2, -0.15) is 0 Å². The second kappa shape index (κ2) is 6.38. The van der Waals surface area contributed by atoms with Gasteiger partial charge < -0.3 is 9.47 Å². The van der Waals surface area contributed by atoms with Crippen LogP contribution >= 0.6 is 0 Å². The van der Waals surface area contributed by atoms with Crippen LogP contribution in [0.15, 0.2) is 30.3 Å². The van der Waals surface area contributed by atoms with Crippen molar-refractivity contribution in [2.45, 2.75) is 31.9 Å². The summed E-state index contributed by atoms with van der Waals surface area (Å²) >= 11 is 0. The van der Waals surface area contributed by atoms with Crippen LogP contribution in [0.4, 0.5) is 4.79 Å². The molecule has 0 bridgehead atoms. The molecule has 1 aromatic rings. The fourth-order valence-electron chi connectivity index (χ4n) is 3.72. The zero-order valence-corrected chi connectivity index (χ0v) is 12.7. The van der Waals surface area contributed by atoms with Gasteiger partial charge in [-0.3, -0.25) is 4.90 Å². The number of rotatable bonds is 3. The van der Waals surface area contributed by atoms with Crippen molar-refractivity contribution in [3.8, 4) is 0 Å². The zero-order valence-electron chi connectivity index (χ0n) is 12.7. The zero-order chi connectivity index (χ0) is 15.5. The van der Waals surface area contributed by atoms with Gasteiger partial charge in [-0.1, -0.05) is 36.8 Å². The number of methoxy groups -OCH3 is 1. The van der Waals surface area contributed by atoms with E-state index in [1.807, 2.05) is 30.3 Å². The molecule has 1 aliphatic heterocycles. The first kappa shape index (κ1) is 14.9. The van der Waals surface area contributed by atoms with Gasteiger partial charge in [0.1, 0.15) is 12.6 Å². The van der Waals surface area contributed by atoms with Gasteiger partial charge in [-0.15, -0.1) is 0 Å². The quantitative estimate of drug-likeness (QED) is 0.805. The number of nitrogens with zero attached hydrogens (tertiary/aromatic N) is 1. The molecule has 1 heterocycles. The molecule has 2 aliphatic rings. The molecule has 0 aromatic heterocycles. The first-order valence-electron chi connectivity index (χ1n) is 7.76. The van der Waals surface area contributed by atoms with Gasteiger partial charge in [0.15, 0.2) is 0 Å². The largest absolute Gasteiger partial charge is 0.467 e. The van der Waals surface area contributed by atoms with Crippen molar-refractivity contribution in [2.24, 2.45) is 11.8 Å². The van der Waals surface area contributed by atoms with Crippen LogP contribution in [0.1, 0.15) is 24.8 Å². The minimum Gasteiger partial charge on any atom is -0.467 e. The molecule has 1 aliphatic carbocycles. The Morgan fingerprint density at radius 3 is 2.73 bits per heavy atom. The monoisotopic (exact) mass is 303 g/mol. The number of likely N-dealkylation sites (tertiary alicyclic amines) is 1. The summed E-state index contributed by atoms with van der Waals surface area (Å²) in [7, 11) is 1.37. The fourth-order valence-corrected chi connectivity index (χ4v) is 3.72. The van der Waals surface area contributed by atoms with Crippen molar-refractivity contribution in [3.63, 3.8) is 0 Å². The highest BCUT2D eigenvalue weighted by Crippen LogP contribution is 2.42. The molecule has 2 fully saturated rings. The van der Waals surface area contributed by atoms with Crippen molar-refractivity contribution < 1.29 is 19.1 Å². The van der Waals surface area contributed by atoms with E-state index < -0.39 is 12.1 Å². The number of esters is 1. The topological polar surface area (TPSA) is 55.8 Å². The molecule has 5 nitrogen and oxygen atoms in total. The lowest BCUT2D eigenvalue weighted by molar-refractivity contribution is -0.146. The molecule has 22 heavy (non-hydrogen) atoms. The molecule has 3 rings (SSSR count). The van der Waals surface area contributed by atoms with Crippen LogP contribution in [0, 0.1) is 11.8 Å². The van der Waals surface area contributed by atoms with Gasteiger partial charge in [0.25, 0.3) is 0 Å². The van der Waals surface area contributed by atoms with Crippen molar-refractivity contribution in [1.29, 1.82) is 0 Å². The molecule has 118 valence electrons. The number of amides is 1. The summed E-state index contributed by atoms with van der Waals surface area (Å²) in [6.07, 6.45) is 2.75. The molecule has 3 atom stereocenters. The fraction of sp³-hybridized carbons (Fsp3) is 0.529. The smallest absolute Gasteiger partial charge is 0.410 e. The third kappa shape index (κ3) is 2.80. The summed E-state index contributed by atoms with van der Waals surface area (Å²) < 4.78 is 10.3. The molecule has 1 amide bonds. The van der Waals surface area contributed by atoms with Crippen molar-refractivity contribution in [3.05, 3.63) is 35.9 Å². The Labute approximate surface area is 130 Å². The molecule has 1 saturated heterocycles. The Kier molecular flexibility index (Phi) is 4.32. The van der Waals surface area contributed by atoms with E-state index in [9.17, 15) is 9.59 Å². The molecule has 0 N–H and O–H groups in total. The standard InChI is InChI=1S/C17H21NO4/c1-21-16(19)15-14-9-5-8-13(14)10-18(15)17(20)22-11-12-6-3-2-4-7-12/h2-4,6-7,13-15H,5,8-11H2,1H3/t13-,14-,15-/m0/s1. The van der Waals surface area contributed by atoms with E-state index in [1.165, 1.54) is 7.11 Å². The number of carbonyl (C=O) groups is 2. The van der Waals surface area contributed by atoms with Crippen LogP contribution < -0.4 is 0 Å². The Morgan fingerprint density at radius 2 is 2.00 bits per heavy atom. The van der Waals surface area contributed by atoms with Crippen LogP contribution in [0.3, 0.4) is 0 Å². The summed E-state index contributed by atoms with van der Waals surface area (Å²) in [5, 5.41) is 0. The summed E-state index contributed by atoms with van der Waals surface area (Å²) in [5.74, 6) is 0.288. The lowest BCUT2D eigenvalue weighted by Crippen LogP contribution is -2.44. The number of ether oxygens (including phenoxy) is 2. The van der Waals surface area contributed by atoms with Crippen LogP contribution in [0.25, 0.3) is 0 Å².